The Morgan fingerprint density at radius 1 is 1.64 bits per heavy atom. The van der Waals surface area contributed by atoms with Gasteiger partial charge in [-0.25, -0.2) is 4.85 Å². The lowest BCUT2D eigenvalue weighted by molar-refractivity contribution is -0.139. The minimum absolute atomic E-state index is 0.157. The van der Waals surface area contributed by atoms with Crippen molar-refractivity contribution in [3.8, 4) is 0 Å². The molecule has 0 fully saturated rings. The molecule has 0 heterocycles. The summed E-state index contributed by atoms with van der Waals surface area (Å²) in [6.45, 7) is 10.1. The second kappa shape index (κ2) is 5.45. The number of ether oxygens (including phenoxy) is 2. The minimum atomic E-state index is -0.683. The molecule has 60 valence electrons. The maximum Gasteiger partial charge on any atom is 0.335 e. The number of methoxy groups -OCH3 is 1. The number of esters is 1. The van der Waals surface area contributed by atoms with Gasteiger partial charge >= 0.3 is 5.97 Å². The van der Waals surface area contributed by atoms with Crippen molar-refractivity contribution in [1.29, 1.82) is 0 Å². The Hall–Kier alpha value is -1.34. The number of carbonyl (C=O) groups is 1. The molecule has 0 bridgehead atoms. The summed E-state index contributed by atoms with van der Waals surface area (Å²) >= 11 is 0. The highest BCUT2D eigenvalue weighted by atomic mass is 16.6. The van der Waals surface area contributed by atoms with E-state index in [-0.39, 0.29) is 12.3 Å². The van der Waals surface area contributed by atoms with E-state index in [9.17, 15) is 4.79 Å². The van der Waals surface area contributed by atoms with Gasteiger partial charge in [0.15, 0.2) is 0 Å². The van der Waals surface area contributed by atoms with Crippen LogP contribution in [0.15, 0.2) is 12.3 Å². The Bertz CT molecular complexity index is 192. The first-order valence-corrected chi connectivity index (χ1v) is 2.94. The Kier molecular flexibility index (Phi) is 4.78. The van der Waals surface area contributed by atoms with Crippen LogP contribution in [0.3, 0.4) is 0 Å². The van der Waals surface area contributed by atoms with Gasteiger partial charge in [0.05, 0.1) is 13.2 Å². The van der Waals surface area contributed by atoms with Crippen LogP contribution in [-0.2, 0) is 14.3 Å². The average molecular weight is 155 g/mol. The van der Waals surface area contributed by atoms with Crippen molar-refractivity contribution in [3.05, 3.63) is 23.7 Å². The third kappa shape index (κ3) is 4.12. The SMILES string of the molecule is [C-]#[N+]C(=C)C(=O)OCCOC. The smallest absolute Gasteiger partial charge is 0.335 e. The molecule has 0 saturated heterocycles. The van der Waals surface area contributed by atoms with Crippen molar-refractivity contribution < 1.29 is 14.3 Å². The summed E-state index contributed by atoms with van der Waals surface area (Å²) in [4.78, 5) is 13.5. The molecular formula is C7H9NO3. The molecule has 0 aromatic heterocycles. The highest BCUT2D eigenvalue weighted by Gasteiger charge is 2.06. The van der Waals surface area contributed by atoms with Gasteiger partial charge < -0.3 is 9.47 Å². The molecule has 0 rings (SSSR count). The molecule has 0 spiro atoms. The predicted octanol–water partition coefficient (Wildman–Crippen LogP) is 0.609. The van der Waals surface area contributed by atoms with Crippen molar-refractivity contribution in [1.82, 2.24) is 0 Å². The first-order valence-electron chi connectivity index (χ1n) is 2.94. The number of carbonyl (C=O) groups excluding carboxylic acids is 1. The van der Waals surface area contributed by atoms with E-state index in [1.54, 1.807) is 0 Å². The number of hydrogen-bond donors (Lipinski definition) is 0. The van der Waals surface area contributed by atoms with Crippen LogP contribution in [0.1, 0.15) is 0 Å². The molecule has 4 heteroatoms. The Balaban J connectivity index is 3.55. The first-order chi connectivity index (χ1) is 5.22. The van der Waals surface area contributed by atoms with E-state index in [4.69, 9.17) is 6.57 Å². The maximum atomic E-state index is 10.7. The number of hydrogen-bond acceptors (Lipinski definition) is 3. The molecule has 0 unspecified atom stereocenters. The van der Waals surface area contributed by atoms with Crippen LogP contribution in [-0.4, -0.2) is 26.3 Å². The van der Waals surface area contributed by atoms with E-state index in [1.807, 2.05) is 0 Å². The van der Waals surface area contributed by atoms with Crippen molar-refractivity contribution in [3.63, 3.8) is 0 Å². The Morgan fingerprint density at radius 2 is 2.27 bits per heavy atom. The van der Waals surface area contributed by atoms with Crippen LogP contribution in [0, 0.1) is 6.57 Å². The van der Waals surface area contributed by atoms with Gasteiger partial charge in [0, 0.05) is 7.11 Å². The maximum absolute atomic E-state index is 10.7. The first kappa shape index (κ1) is 9.66. The van der Waals surface area contributed by atoms with Gasteiger partial charge in [-0.3, -0.25) is 4.79 Å². The fourth-order valence-corrected chi connectivity index (χ4v) is 0.347. The van der Waals surface area contributed by atoms with E-state index < -0.39 is 5.97 Å². The van der Waals surface area contributed by atoms with E-state index >= 15 is 0 Å². The summed E-state index contributed by atoms with van der Waals surface area (Å²) in [6, 6.07) is 0. The summed E-state index contributed by atoms with van der Waals surface area (Å²) in [7, 11) is 1.50. The van der Waals surface area contributed by atoms with Crippen LogP contribution in [0.4, 0.5) is 0 Å². The molecule has 0 aromatic rings. The van der Waals surface area contributed by atoms with Crippen LogP contribution in [0.2, 0.25) is 0 Å². The molecule has 0 aliphatic rings. The van der Waals surface area contributed by atoms with E-state index in [1.165, 1.54) is 7.11 Å². The fourth-order valence-electron chi connectivity index (χ4n) is 0.347. The molecular weight excluding hydrogens is 146 g/mol. The van der Waals surface area contributed by atoms with Crippen LogP contribution < -0.4 is 0 Å². The summed E-state index contributed by atoms with van der Waals surface area (Å²) in [5.74, 6) is -0.683. The van der Waals surface area contributed by atoms with Crippen molar-refractivity contribution >= 4 is 5.97 Å². The van der Waals surface area contributed by atoms with Crippen LogP contribution in [0.25, 0.3) is 4.85 Å². The van der Waals surface area contributed by atoms with Gasteiger partial charge in [0.25, 0.3) is 5.70 Å². The Labute approximate surface area is 65.2 Å². The van der Waals surface area contributed by atoms with Gasteiger partial charge in [-0.15, -0.1) is 0 Å². The molecule has 0 saturated carbocycles. The average Bonchev–Trinajstić information content (AvgIpc) is 2.03. The van der Waals surface area contributed by atoms with Crippen molar-refractivity contribution in [2.45, 2.75) is 0 Å². The van der Waals surface area contributed by atoms with Gasteiger partial charge in [0.1, 0.15) is 6.61 Å². The number of nitrogens with zero attached hydrogens (tertiary/aromatic N) is 1. The third-order valence-corrected chi connectivity index (χ3v) is 0.891. The van der Waals surface area contributed by atoms with Gasteiger partial charge in [0.2, 0.25) is 0 Å². The monoisotopic (exact) mass is 155 g/mol. The van der Waals surface area contributed by atoms with Crippen molar-refractivity contribution in [2.24, 2.45) is 0 Å². The van der Waals surface area contributed by atoms with Crippen molar-refractivity contribution in [2.75, 3.05) is 20.3 Å². The highest BCUT2D eigenvalue weighted by molar-refractivity contribution is 5.89. The molecule has 0 aliphatic carbocycles. The molecule has 0 aromatic carbocycles. The summed E-state index contributed by atoms with van der Waals surface area (Å²) in [5.41, 5.74) is -0.207. The summed E-state index contributed by atoms with van der Waals surface area (Å²) < 4.78 is 9.18. The molecule has 0 atom stereocenters. The normalized spacial score (nSPS) is 8.36. The zero-order chi connectivity index (χ0) is 8.69. The second-order valence-corrected chi connectivity index (χ2v) is 1.69. The third-order valence-electron chi connectivity index (χ3n) is 0.891. The topological polar surface area (TPSA) is 39.9 Å². The highest BCUT2D eigenvalue weighted by Crippen LogP contribution is 1.94. The van der Waals surface area contributed by atoms with Gasteiger partial charge in [-0.05, 0) is 0 Å². The van der Waals surface area contributed by atoms with E-state index in [0.29, 0.717) is 6.61 Å². The van der Waals surface area contributed by atoms with E-state index in [2.05, 4.69) is 20.9 Å². The zero-order valence-corrected chi connectivity index (χ0v) is 6.29. The molecule has 0 radical (unpaired) electrons. The molecule has 0 aliphatic heterocycles. The molecule has 11 heavy (non-hydrogen) atoms. The second-order valence-electron chi connectivity index (χ2n) is 1.69. The number of rotatable bonds is 4. The summed E-state index contributed by atoms with van der Waals surface area (Å²) in [6.07, 6.45) is 0. The van der Waals surface area contributed by atoms with Crippen LogP contribution >= 0.6 is 0 Å². The van der Waals surface area contributed by atoms with Crippen LogP contribution in [0.5, 0.6) is 0 Å². The fraction of sp³-hybridized carbons (Fsp3) is 0.429. The lowest BCUT2D eigenvalue weighted by Crippen LogP contribution is -2.09. The van der Waals surface area contributed by atoms with E-state index in [0.717, 1.165) is 0 Å². The largest absolute Gasteiger partial charge is 0.468 e. The standard InChI is InChI=1S/C7H9NO3/c1-6(8-2)7(9)11-5-4-10-3/h1,4-5H2,3H3. The lowest BCUT2D eigenvalue weighted by atomic mass is 10.5. The Morgan fingerprint density at radius 3 is 2.73 bits per heavy atom. The lowest BCUT2D eigenvalue weighted by Gasteiger charge is -2.00. The minimum Gasteiger partial charge on any atom is -0.468 e. The zero-order valence-electron chi connectivity index (χ0n) is 6.29. The quantitative estimate of drug-likeness (QED) is 0.258. The molecule has 0 N–H and O–H groups in total. The molecule has 4 nitrogen and oxygen atoms in total. The predicted molar refractivity (Wildman–Crippen MR) is 38.6 cm³/mol. The molecule has 0 amide bonds. The summed E-state index contributed by atoms with van der Waals surface area (Å²) in [5, 5.41) is 0. The van der Waals surface area contributed by atoms with Gasteiger partial charge in [-0.2, -0.15) is 0 Å². The van der Waals surface area contributed by atoms with Gasteiger partial charge in [-0.1, -0.05) is 6.58 Å².